The Kier molecular flexibility index (Phi) is 19.1. The number of ether oxygens (including phenoxy) is 5. The molecule has 0 bridgehead atoms. The van der Waals surface area contributed by atoms with Gasteiger partial charge in [0.25, 0.3) is 0 Å². The van der Waals surface area contributed by atoms with E-state index >= 15 is 0 Å². The number of aliphatic hydroxyl groups excluding tert-OH is 1. The second-order valence-electron chi connectivity index (χ2n) is 6.44. The molecule has 9 nitrogen and oxygen atoms in total. The summed E-state index contributed by atoms with van der Waals surface area (Å²) in [7, 11) is 6.30. The van der Waals surface area contributed by atoms with Gasteiger partial charge in [-0.3, -0.25) is 0 Å². The Morgan fingerprint density at radius 3 is 1.23 bits per heavy atom. The number of rotatable bonds is 21. The van der Waals surface area contributed by atoms with Gasteiger partial charge in [0.2, 0.25) is 0 Å². The molecule has 0 unspecified atom stereocenters. The molecule has 9 heteroatoms. The Balaban J connectivity index is 3.01. The zero-order valence-electron chi connectivity index (χ0n) is 16.7. The standard InChI is InChI=1S/C17H38NO8/c1-18(2,3)4-6-25-26-17-16-24-15-14-23-13-12-22-11-10-21-9-8-20-7-5-19/h19H,4-17H2,1-3H3/q+1. The van der Waals surface area contributed by atoms with Crippen LogP contribution in [0.3, 0.4) is 0 Å². The SMILES string of the molecule is C[N+](C)(C)CCOOCCOCCOCCOCCOCCOCCO. The van der Waals surface area contributed by atoms with Crippen LogP contribution in [0.15, 0.2) is 0 Å². The maximum Gasteiger partial charge on any atom is 0.131 e. The van der Waals surface area contributed by atoms with Gasteiger partial charge >= 0.3 is 0 Å². The second kappa shape index (κ2) is 19.4. The Morgan fingerprint density at radius 1 is 0.500 bits per heavy atom. The van der Waals surface area contributed by atoms with Gasteiger partial charge in [-0.2, -0.15) is 0 Å². The fourth-order valence-corrected chi connectivity index (χ4v) is 1.57. The second-order valence-corrected chi connectivity index (χ2v) is 6.44. The zero-order valence-corrected chi connectivity index (χ0v) is 16.7. The van der Waals surface area contributed by atoms with E-state index in [1.165, 1.54) is 0 Å². The van der Waals surface area contributed by atoms with E-state index in [1.54, 1.807) is 0 Å². The quantitative estimate of drug-likeness (QED) is 0.125. The average Bonchev–Trinajstić information content (AvgIpc) is 2.59. The molecule has 0 aliphatic rings. The van der Waals surface area contributed by atoms with Crippen molar-refractivity contribution in [1.82, 2.24) is 0 Å². The Hall–Kier alpha value is -0.360. The average molecular weight is 384 g/mol. The van der Waals surface area contributed by atoms with Crippen molar-refractivity contribution in [2.45, 2.75) is 0 Å². The minimum absolute atomic E-state index is 0.0352. The van der Waals surface area contributed by atoms with Crippen molar-refractivity contribution in [2.24, 2.45) is 0 Å². The lowest BCUT2D eigenvalue weighted by Gasteiger charge is -2.22. The highest BCUT2D eigenvalue weighted by Crippen LogP contribution is 1.90. The van der Waals surface area contributed by atoms with Crippen LogP contribution in [0.5, 0.6) is 0 Å². The van der Waals surface area contributed by atoms with Crippen molar-refractivity contribution in [3.63, 3.8) is 0 Å². The van der Waals surface area contributed by atoms with Crippen LogP contribution >= 0.6 is 0 Å². The van der Waals surface area contributed by atoms with Crippen molar-refractivity contribution in [3.8, 4) is 0 Å². The van der Waals surface area contributed by atoms with E-state index < -0.39 is 0 Å². The van der Waals surface area contributed by atoms with Gasteiger partial charge in [-0.15, -0.1) is 0 Å². The third-order valence-corrected chi connectivity index (χ3v) is 2.96. The molecule has 158 valence electrons. The maximum absolute atomic E-state index is 8.52. The van der Waals surface area contributed by atoms with Crippen LogP contribution < -0.4 is 0 Å². The number of likely N-dealkylation sites (N-methyl/N-ethyl adjacent to an activating group) is 1. The molecule has 0 rings (SSSR count). The lowest BCUT2D eigenvalue weighted by molar-refractivity contribution is -0.871. The first kappa shape index (κ1) is 25.6. The first-order valence-electron chi connectivity index (χ1n) is 9.10. The highest BCUT2D eigenvalue weighted by atomic mass is 17.2. The molecule has 0 aliphatic carbocycles. The van der Waals surface area contributed by atoms with Gasteiger partial charge in [0.15, 0.2) is 0 Å². The largest absolute Gasteiger partial charge is 0.394 e. The van der Waals surface area contributed by atoms with Gasteiger partial charge in [0.1, 0.15) is 19.8 Å². The van der Waals surface area contributed by atoms with E-state index in [9.17, 15) is 0 Å². The molecule has 0 aromatic carbocycles. The number of aliphatic hydroxyl groups is 1. The fraction of sp³-hybridized carbons (Fsp3) is 1.00. The molecule has 0 spiro atoms. The van der Waals surface area contributed by atoms with Crippen molar-refractivity contribution in [1.29, 1.82) is 0 Å². The molecule has 0 saturated carbocycles. The summed E-state index contributed by atoms with van der Waals surface area (Å²) in [6.07, 6.45) is 0. The zero-order chi connectivity index (χ0) is 19.3. The van der Waals surface area contributed by atoms with Gasteiger partial charge in [-0.1, -0.05) is 0 Å². The molecule has 1 N–H and O–H groups in total. The normalized spacial score (nSPS) is 12.0. The molecule has 0 amide bonds. The Labute approximate surface area is 157 Å². The minimum Gasteiger partial charge on any atom is -0.394 e. The number of hydrogen-bond donors (Lipinski definition) is 1. The van der Waals surface area contributed by atoms with Crippen molar-refractivity contribution < 1.29 is 43.0 Å². The van der Waals surface area contributed by atoms with Crippen LogP contribution in [-0.2, 0) is 33.5 Å². The lowest BCUT2D eigenvalue weighted by atomic mass is 10.5. The topological polar surface area (TPSA) is 84.8 Å². The predicted molar refractivity (Wildman–Crippen MR) is 96.0 cm³/mol. The van der Waals surface area contributed by atoms with E-state index in [-0.39, 0.29) is 6.61 Å². The molecule has 0 saturated heterocycles. The van der Waals surface area contributed by atoms with E-state index in [0.717, 1.165) is 11.0 Å². The summed E-state index contributed by atoms with van der Waals surface area (Å²) in [6.45, 7) is 6.81. The lowest BCUT2D eigenvalue weighted by Crippen LogP contribution is -2.37. The summed E-state index contributed by atoms with van der Waals surface area (Å²) >= 11 is 0. The first-order valence-corrected chi connectivity index (χ1v) is 9.10. The third kappa shape index (κ3) is 23.6. The van der Waals surface area contributed by atoms with Crippen molar-refractivity contribution >= 4 is 0 Å². The van der Waals surface area contributed by atoms with E-state index in [0.29, 0.717) is 79.3 Å². The van der Waals surface area contributed by atoms with Crippen LogP contribution in [0.4, 0.5) is 0 Å². The maximum atomic E-state index is 8.52. The molecular formula is C17H38NO8+. The molecule has 0 atom stereocenters. The van der Waals surface area contributed by atoms with Crippen molar-refractivity contribution in [2.75, 3.05) is 114 Å². The van der Waals surface area contributed by atoms with Crippen molar-refractivity contribution in [3.05, 3.63) is 0 Å². The van der Waals surface area contributed by atoms with E-state index in [1.807, 2.05) is 0 Å². The summed E-state index contributed by atoms with van der Waals surface area (Å²) < 4.78 is 27.3. The molecular weight excluding hydrogens is 346 g/mol. The first-order chi connectivity index (χ1) is 12.6. The summed E-state index contributed by atoms with van der Waals surface area (Å²) in [5.74, 6) is 0. The molecule has 0 radical (unpaired) electrons. The van der Waals surface area contributed by atoms with Crippen LogP contribution in [0.25, 0.3) is 0 Å². The fourth-order valence-electron chi connectivity index (χ4n) is 1.57. The summed E-state index contributed by atoms with van der Waals surface area (Å²) in [4.78, 5) is 10.1. The van der Waals surface area contributed by atoms with E-state index in [2.05, 4.69) is 21.1 Å². The summed E-state index contributed by atoms with van der Waals surface area (Å²) in [6, 6.07) is 0. The number of quaternary nitrogens is 1. The predicted octanol–water partition coefficient (Wildman–Crippen LogP) is -0.284. The van der Waals surface area contributed by atoms with Crippen LogP contribution in [0.1, 0.15) is 0 Å². The molecule has 0 fully saturated rings. The van der Waals surface area contributed by atoms with E-state index in [4.69, 9.17) is 38.6 Å². The Morgan fingerprint density at radius 2 is 0.846 bits per heavy atom. The molecule has 26 heavy (non-hydrogen) atoms. The van der Waals surface area contributed by atoms with Crippen LogP contribution in [-0.4, -0.2) is 123 Å². The molecule has 0 aromatic rings. The Bertz CT molecular complexity index is 276. The van der Waals surface area contributed by atoms with Gasteiger partial charge in [0.05, 0.1) is 93.8 Å². The van der Waals surface area contributed by atoms with Gasteiger partial charge in [-0.25, -0.2) is 9.78 Å². The van der Waals surface area contributed by atoms with Crippen LogP contribution in [0, 0.1) is 0 Å². The summed E-state index contributed by atoms with van der Waals surface area (Å²) in [5, 5.41) is 8.52. The smallest absolute Gasteiger partial charge is 0.131 e. The molecule has 0 aromatic heterocycles. The molecule has 0 aliphatic heterocycles. The minimum atomic E-state index is 0.0352. The third-order valence-electron chi connectivity index (χ3n) is 2.96. The molecule has 0 heterocycles. The monoisotopic (exact) mass is 384 g/mol. The van der Waals surface area contributed by atoms with Crippen LogP contribution in [0.2, 0.25) is 0 Å². The highest BCUT2D eigenvalue weighted by Gasteiger charge is 2.05. The van der Waals surface area contributed by atoms with Gasteiger partial charge in [-0.05, 0) is 0 Å². The number of nitrogens with zero attached hydrogens (tertiary/aromatic N) is 1. The highest BCUT2D eigenvalue weighted by molar-refractivity contribution is 4.36. The van der Waals surface area contributed by atoms with Gasteiger partial charge in [0, 0.05) is 0 Å². The number of hydrogen-bond acceptors (Lipinski definition) is 8. The summed E-state index contributed by atoms with van der Waals surface area (Å²) in [5.41, 5.74) is 0. The van der Waals surface area contributed by atoms with Gasteiger partial charge < -0.3 is 33.3 Å².